The van der Waals surface area contributed by atoms with Crippen LogP contribution in [0.25, 0.3) is 0 Å². The summed E-state index contributed by atoms with van der Waals surface area (Å²) in [5.41, 5.74) is 1.62. The molecule has 0 aliphatic heterocycles. The van der Waals surface area contributed by atoms with Gasteiger partial charge in [0.15, 0.2) is 5.82 Å². The molecule has 7 heteroatoms. The maximum atomic E-state index is 10.7. The number of rotatable bonds is 5. The van der Waals surface area contributed by atoms with Crippen molar-refractivity contribution in [3.8, 4) is 0 Å². The van der Waals surface area contributed by atoms with E-state index in [0.717, 1.165) is 11.3 Å². The Labute approximate surface area is 115 Å². The fourth-order valence-corrected chi connectivity index (χ4v) is 1.87. The number of aliphatic carboxylic acids is 1. The molecule has 0 bridgehead atoms. The van der Waals surface area contributed by atoms with Crippen LogP contribution in [0.5, 0.6) is 0 Å². The normalized spacial score (nSPS) is 10.4. The first-order valence-corrected chi connectivity index (χ1v) is 6.06. The first-order valence-electron chi connectivity index (χ1n) is 5.68. The first-order chi connectivity index (χ1) is 9.04. The highest BCUT2D eigenvalue weighted by Crippen LogP contribution is 2.24. The van der Waals surface area contributed by atoms with Crippen LogP contribution >= 0.6 is 11.6 Å². The molecule has 0 aliphatic carbocycles. The predicted octanol–water partition coefficient (Wildman–Crippen LogP) is 2.23. The maximum absolute atomic E-state index is 10.7. The number of anilines is 2. The summed E-state index contributed by atoms with van der Waals surface area (Å²) in [6, 6.07) is 5.29. The molecule has 2 rings (SSSR count). The lowest BCUT2D eigenvalue weighted by molar-refractivity contribution is -0.136. The average molecular weight is 281 g/mol. The molecule has 0 amide bonds. The number of nitrogens with zero attached hydrogens (tertiary/aromatic N) is 3. The van der Waals surface area contributed by atoms with Crippen molar-refractivity contribution in [2.45, 2.75) is 12.8 Å². The molecule has 0 saturated carbocycles. The van der Waals surface area contributed by atoms with Crippen molar-refractivity contribution in [2.75, 3.05) is 5.32 Å². The standard InChI is InChI=1S/C12H13ClN4O2/c1-17-14-7-11(16-17)15-10-4-3-9(13)6-8(10)2-5-12(18)19/h3-4,6-7H,2,5H2,1H3,(H,15,16)(H,18,19). The molecule has 0 fully saturated rings. The van der Waals surface area contributed by atoms with Crippen molar-refractivity contribution in [1.82, 2.24) is 15.0 Å². The van der Waals surface area contributed by atoms with Gasteiger partial charge in [-0.15, -0.1) is 5.10 Å². The van der Waals surface area contributed by atoms with E-state index in [0.29, 0.717) is 17.3 Å². The topological polar surface area (TPSA) is 80.0 Å². The summed E-state index contributed by atoms with van der Waals surface area (Å²) in [6.45, 7) is 0. The smallest absolute Gasteiger partial charge is 0.303 e. The number of hydrogen-bond acceptors (Lipinski definition) is 4. The average Bonchev–Trinajstić information content (AvgIpc) is 2.75. The number of halogens is 1. The number of aromatic nitrogens is 3. The van der Waals surface area contributed by atoms with Crippen LogP contribution in [0.2, 0.25) is 5.02 Å². The summed E-state index contributed by atoms with van der Waals surface area (Å²) in [4.78, 5) is 12.1. The largest absolute Gasteiger partial charge is 0.481 e. The van der Waals surface area contributed by atoms with Gasteiger partial charge in [0.2, 0.25) is 0 Å². The number of carboxylic acid groups (broad SMARTS) is 1. The lowest BCUT2D eigenvalue weighted by Gasteiger charge is -2.09. The molecule has 6 nitrogen and oxygen atoms in total. The second-order valence-corrected chi connectivity index (χ2v) is 4.48. The molecule has 0 saturated heterocycles. The van der Waals surface area contributed by atoms with Crippen LogP contribution in [0.1, 0.15) is 12.0 Å². The molecule has 0 unspecified atom stereocenters. The van der Waals surface area contributed by atoms with Gasteiger partial charge in [-0.1, -0.05) is 11.6 Å². The minimum absolute atomic E-state index is 0.0511. The van der Waals surface area contributed by atoms with E-state index in [-0.39, 0.29) is 6.42 Å². The molecule has 1 aromatic heterocycles. The van der Waals surface area contributed by atoms with E-state index >= 15 is 0 Å². The summed E-state index contributed by atoms with van der Waals surface area (Å²) in [7, 11) is 1.72. The SMILES string of the molecule is Cn1ncc(Nc2ccc(Cl)cc2CCC(=O)O)n1. The Morgan fingerprint density at radius 3 is 2.95 bits per heavy atom. The first kappa shape index (κ1) is 13.4. The van der Waals surface area contributed by atoms with E-state index in [1.54, 1.807) is 31.4 Å². The fourth-order valence-electron chi connectivity index (χ4n) is 1.67. The Morgan fingerprint density at radius 2 is 2.32 bits per heavy atom. The fraction of sp³-hybridized carbons (Fsp3) is 0.250. The second kappa shape index (κ2) is 5.71. The summed E-state index contributed by atoms with van der Waals surface area (Å²) in [5.74, 6) is -0.244. The van der Waals surface area contributed by atoms with Gasteiger partial charge in [-0.05, 0) is 30.2 Å². The molecule has 19 heavy (non-hydrogen) atoms. The zero-order valence-corrected chi connectivity index (χ0v) is 11.1. The molecule has 1 aromatic carbocycles. The molecule has 0 radical (unpaired) electrons. The molecule has 0 spiro atoms. The summed E-state index contributed by atoms with van der Waals surface area (Å²) in [6.07, 6.45) is 2.05. The Balaban J connectivity index is 2.20. The number of hydrogen-bond donors (Lipinski definition) is 2. The monoisotopic (exact) mass is 280 g/mol. The Morgan fingerprint density at radius 1 is 1.53 bits per heavy atom. The van der Waals surface area contributed by atoms with E-state index in [1.165, 1.54) is 4.80 Å². The van der Waals surface area contributed by atoms with Gasteiger partial charge in [0, 0.05) is 24.2 Å². The summed E-state index contributed by atoms with van der Waals surface area (Å²) < 4.78 is 0. The molecule has 2 N–H and O–H groups in total. The highest BCUT2D eigenvalue weighted by Gasteiger charge is 2.08. The highest BCUT2D eigenvalue weighted by molar-refractivity contribution is 6.30. The van der Waals surface area contributed by atoms with Crippen LogP contribution in [0, 0.1) is 0 Å². The van der Waals surface area contributed by atoms with Gasteiger partial charge in [0.05, 0.1) is 6.20 Å². The number of carboxylic acids is 1. The predicted molar refractivity (Wildman–Crippen MR) is 71.7 cm³/mol. The molecule has 2 aromatic rings. The Kier molecular flexibility index (Phi) is 4.01. The number of aryl methyl sites for hydroxylation is 2. The third-order valence-corrected chi connectivity index (χ3v) is 2.77. The lowest BCUT2D eigenvalue weighted by atomic mass is 10.1. The molecule has 1 heterocycles. The van der Waals surface area contributed by atoms with Crippen LogP contribution in [0.15, 0.2) is 24.4 Å². The lowest BCUT2D eigenvalue weighted by Crippen LogP contribution is -2.02. The van der Waals surface area contributed by atoms with Crippen molar-refractivity contribution in [1.29, 1.82) is 0 Å². The van der Waals surface area contributed by atoms with E-state index in [4.69, 9.17) is 16.7 Å². The van der Waals surface area contributed by atoms with Crippen molar-refractivity contribution in [3.05, 3.63) is 35.0 Å². The maximum Gasteiger partial charge on any atom is 0.303 e. The highest BCUT2D eigenvalue weighted by atomic mass is 35.5. The van der Waals surface area contributed by atoms with Crippen molar-refractivity contribution in [2.24, 2.45) is 7.05 Å². The van der Waals surface area contributed by atoms with E-state index < -0.39 is 5.97 Å². The van der Waals surface area contributed by atoms with E-state index in [1.807, 2.05) is 0 Å². The number of nitrogens with one attached hydrogen (secondary N) is 1. The van der Waals surface area contributed by atoms with Gasteiger partial charge < -0.3 is 10.4 Å². The third-order valence-electron chi connectivity index (χ3n) is 2.54. The molecule has 0 aliphatic rings. The van der Waals surface area contributed by atoms with Gasteiger partial charge in [-0.3, -0.25) is 4.79 Å². The third kappa shape index (κ3) is 3.69. The summed E-state index contributed by atoms with van der Waals surface area (Å²) in [5, 5.41) is 20.5. The Bertz CT molecular complexity index is 597. The van der Waals surface area contributed by atoms with Crippen LogP contribution in [0.4, 0.5) is 11.5 Å². The second-order valence-electron chi connectivity index (χ2n) is 4.04. The quantitative estimate of drug-likeness (QED) is 0.878. The zero-order valence-electron chi connectivity index (χ0n) is 10.3. The minimum Gasteiger partial charge on any atom is -0.481 e. The van der Waals surface area contributed by atoms with Crippen LogP contribution < -0.4 is 5.32 Å². The number of carbonyl (C=O) groups is 1. The van der Waals surface area contributed by atoms with Crippen LogP contribution in [-0.4, -0.2) is 26.1 Å². The number of benzene rings is 1. The van der Waals surface area contributed by atoms with Crippen molar-refractivity contribution < 1.29 is 9.90 Å². The molecule has 0 atom stereocenters. The molecular weight excluding hydrogens is 268 g/mol. The van der Waals surface area contributed by atoms with E-state index in [9.17, 15) is 4.79 Å². The van der Waals surface area contributed by atoms with Gasteiger partial charge in [0.25, 0.3) is 0 Å². The van der Waals surface area contributed by atoms with Crippen LogP contribution in [-0.2, 0) is 18.3 Å². The molecule has 100 valence electrons. The van der Waals surface area contributed by atoms with Crippen molar-refractivity contribution >= 4 is 29.1 Å². The van der Waals surface area contributed by atoms with Crippen LogP contribution in [0.3, 0.4) is 0 Å². The Hall–Kier alpha value is -2.08. The molecular formula is C12H13ClN4O2. The summed E-state index contributed by atoms with van der Waals surface area (Å²) >= 11 is 5.93. The van der Waals surface area contributed by atoms with Gasteiger partial charge >= 0.3 is 5.97 Å². The zero-order chi connectivity index (χ0) is 13.8. The van der Waals surface area contributed by atoms with E-state index in [2.05, 4.69) is 15.5 Å². The van der Waals surface area contributed by atoms with Crippen molar-refractivity contribution in [3.63, 3.8) is 0 Å². The van der Waals surface area contributed by atoms with Gasteiger partial charge in [0.1, 0.15) is 0 Å². The van der Waals surface area contributed by atoms with Gasteiger partial charge in [-0.2, -0.15) is 9.90 Å². The van der Waals surface area contributed by atoms with Gasteiger partial charge in [-0.25, -0.2) is 0 Å². The minimum atomic E-state index is -0.842.